The Balaban J connectivity index is 1.90. The third-order valence-electron chi connectivity index (χ3n) is 4.51. The van der Waals surface area contributed by atoms with Gasteiger partial charge >= 0.3 is 0 Å². The summed E-state index contributed by atoms with van der Waals surface area (Å²) in [5.74, 6) is 0.350. The molecule has 0 aliphatic heterocycles. The van der Waals surface area contributed by atoms with Gasteiger partial charge in [-0.15, -0.1) is 0 Å². The number of hydrogen-bond acceptors (Lipinski definition) is 1. The Hall–Kier alpha value is -2.06. The Morgan fingerprint density at radius 3 is 2.45 bits per heavy atom. The largest absolute Gasteiger partial charge is 0.361 e. The molecule has 114 valence electrons. The van der Waals surface area contributed by atoms with Crippen molar-refractivity contribution in [1.29, 1.82) is 0 Å². The molecule has 0 bridgehead atoms. The zero-order valence-corrected chi connectivity index (χ0v) is 13.4. The van der Waals surface area contributed by atoms with Crippen LogP contribution in [0.1, 0.15) is 35.1 Å². The van der Waals surface area contributed by atoms with Gasteiger partial charge in [0.05, 0.1) is 0 Å². The molecule has 0 saturated heterocycles. The molecule has 1 unspecified atom stereocenters. The van der Waals surface area contributed by atoms with Crippen LogP contribution in [0.4, 0.5) is 0 Å². The highest BCUT2D eigenvalue weighted by molar-refractivity contribution is 5.84. The van der Waals surface area contributed by atoms with Crippen molar-refractivity contribution < 1.29 is 0 Å². The van der Waals surface area contributed by atoms with Gasteiger partial charge in [0, 0.05) is 23.0 Å². The van der Waals surface area contributed by atoms with Crippen LogP contribution in [0, 0.1) is 6.92 Å². The van der Waals surface area contributed by atoms with Crippen molar-refractivity contribution in [1.82, 2.24) is 4.98 Å². The molecule has 2 heteroatoms. The summed E-state index contributed by atoms with van der Waals surface area (Å²) < 4.78 is 0. The van der Waals surface area contributed by atoms with E-state index >= 15 is 0 Å². The number of nitrogens with two attached hydrogens (primary N) is 1. The first-order valence-corrected chi connectivity index (χ1v) is 8.06. The van der Waals surface area contributed by atoms with E-state index in [1.165, 1.54) is 33.2 Å². The Labute approximate surface area is 132 Å². The molecule has 1 heterocycles. The number of nitrogens with one attached hydrogen (secondary N) is 1. The lowest BCUT2D eigenvalue weighted by Gasteiger charge is -2.15. The fourth-order valence-electron chi connectivity index (χ4n) is 3.11. The second-order valence-corrected chi connectivity index (χ2v) is 6.10. The number of aromatic amines is 1. The predicted octanol–water partition coefficient (Wildman–Crippen LogP) is 4.32. The molecule has 0 fully saturated rings. The van der Waals surface area contributed by atoms with Crippen LogP contribution < -0.4 is 5.73 Å². The number of hydrogen-bond donors (Lipinski definition) is 2. The van der Waals surface area contributed by atoms with E-state index in [9.17, 15) is 0 Å². The molecule has 0 saturated carbocycles. The van der Waals surface area contributed by atoms with Gasteiger partial charge in [0.25, 0.3) is 0 Å². The van der Waals surface area contributed by atoms with Crippen molar-refractivity contribution >= 4 is 10.9 Å². The monoisotopic (exact) mass is 292 g/mol. The van der Waals surface area contributed by atoms with Crippen molar-refractivity contribution in [2.75, 3.05) is 6.54 Å². The zero-order valence-electron chi connectivity index (χ0n) is 13.4. The second kappa shape index (κ2) is 6.37. The molecule has 0 aliphatic carbocycles. The summed E-state index contributed by atoms with van der Waals surface area (Å²) >= 11 is 0. The van der Waals surface area contributed by atoms with Crippen molar-refractivity contribution in [2.24, 2.45) is 5.73 Å². The van der Waals surface area contributed by atoms with Crippen LogP contribution in [0.5, 0.6) is 0 Å². The summed E-state index contributed by atoms with van der Waals surface area (Å²) in [7, 11) is 0. The minimum absolute atomic E-state index is 0.350. The molecule has 0 spiro atoms. The molecule has 3 N–H and O–H groups in total. The summed E-state index contributed by atoms with van der Waals surface area (Å²) in [4.78, 5) is 3.38. The van der Waals surface area contributed by atoms with E-state index in [1.54, 1.807) is 0 Å². The quantitative estimate of drug-likeness (QED) is 0.722. The Kier molecular flexibility index (Phi) is 4.30. The van der Waals surface area contributed by atoms with Crippen LogP contribution in [-0.4, -0.2) is 11.5 Å². The second-order valence-electron chi connectivity index (χ2n) is 6.10. The Morgan fingerprint density at radius 2 is 1.77 bits per heavy atom. The minimum Gasteiger partial charge on any atom is -0.361 e. The van der Waals surface area contributed by atoms with Gasteiger partial charge in [0.15, 0.2) is 0 Å². The highest BCUT2D eigenvalue weighted by Gasteiger charge is 2.15. The molecule has 2 aromatic carbocycles. The van der Waals surface area contributed by atoms with Gasteiger partial charge in [0.2, 0.25) is 0 Å². The fourth-order valence-corrected chi connectivity index (χ4v) is 3.11. The molecular weight excluding hydrogens is 268 g/mol. The molecule has 2 nitrogen and oxygen atoms in total. The van der Waals surface area contributed by atoms with Gasteiger partial charge < -0.3 is 10.7 Å². The van der Waals surface area contributed by atoms with Gasteiger partial charge in [-0.2, -0.15) is 0 Å². The van der Waals surface area contributed by atoms with Crippen molar-refractivity contribution in [3.63, 3.8) is 0 Å². The highest BCUT2D eigenvalue weighted by atomic mass is 14.7. The molecule has 3 aromatic rings. The maximum Gasteiger partial charge on any atom is 0.0457 e. The average Bonchev–Trinajstić information content (AvgIpc) is 2.96. The number of rotatable bonds is 5. The number of H-pyrrole nitrogens is 1. The van der Waals surface area contributed by atoms with E-state index in [2.05, 4.69) is 67.5 Å². The van der Waals surface area contributed by atoms with Crippen molar-refractivity contribution in [3.05, 3.63) is 70.9 Å². The maximum absolute atomic E-state index is 6.08. The first-order chi connectivity index (χ1) is 10.7. The smallest absolute Gasteiger partial charge is 0.0457 e. The van der Waals surface area contributed by atoms with Crippen LogP contribution in [0.15, 0.2) is 48.7 Å². The number of benzene rings is 2. The number of aromatic nitrogens is 1. The van der Waals surface area contributed by atoms with Gasteiger partial charge in [-0.3, -0.25) is 0 Å². The van der Waals surface area contributed by atoms with E-state index in [0.29, 0.717) is 12.5 Å². The minimum atomic E-state index is 0.350. The molecule has 1 atom stereocenters. The van der Waals surface area contributed by atoms with Crippen LogP contribution >= 0.6 is 0 Å². The molecule has 3 rings (SSSR count). The summed E-state index contributed by atoms with van der Waals surface area (Å²) in [6, 6.07) is 15.5. The standard InChI is InChI=1S/C20H24N2/c1-3-15-5-7-16(8-6-15)11-17(12-21)19-13-22-20-9-4-14(2)10-18(19)20/h4-10,13,17,22H,3,11-12,21H2,1-2H3. The van der Waals surface area contributed by atoms with E-state index in [0.717, 1.165) is 12.8 Å². The fraction of sp³-hybridized carbons (Fsp3) is 0.300. The van der Waals surface area contributed by atoms with Gasteiger partial charge in [-0.1, -0.05) is 42.8 Å². The Bertz CT molecular complexity index is 753. The molecule has 0 radical (unpaired) electrons. The average molecular weight is 292 g/mol. The lowest BCUT2D eigenvalue weighted by atomic mass is 9.91. The van der Waals surface area contributed by atoms with Gasteiger partial charge in [-0.25, -0.2) is 0 Å². The Morgan fingerprint density at radius 1 is 1.05 bits per heavy atom. The van der Waals surface area contributed by atoms with E-state index in [-0.39, 0.29) is 0 Å². The zero-order chi connectivity index (χ0) is 15.5. The summed E-state index contributed by atoms with van der Waals surface area (Å²) in [6.07, 6.45) is 4.20. The molecule has 1 aromatic heterocycles. The summed E-state index contributed by atoms with van der Waals surface area (Å²) in [6.45, 7) is 4.99. The third-order valence-corrected chi connectivity index (χ3v) is 4.51. The number of fused-ring (bicyclic) bond motifs is 1. The van der Waals surface area contributed by atoms with Crippen LogP contribution in [0.25, 0.3) is 10.9 Å². The van der Waals surface area contributed by atoms with E-state index in [1.807, 2.05) is 0 Å². The van der Waals surface area contributed by atoms with Crippen LogP contribution in [0.3, 0.4) is 0 Å². The highest BCUT2D eigenvalue weighted by Crippen LogP contribution is 2.28. The van der Waals surface area contributed by atoms with Gasteiger partial charge in [-0.05, 0) is 55.1 Å². The lowest BCUT2D eigenvalue weighted by molar-refractivity contribution is 0.699. The number of aryl methyl sites for hydroxylation is 2. The van der Waals surface area contributed by atoms with Crippen LogP contribution in [-0.2, 0) is 12.8 Å². The van der Waals surface area contributed by atoms with E-state index < -0.39 is 0 Å². The lowest BCUT2D eigenvalue weighted by Crippen LogP contribution is -2.14. The van der Waals surface area contributed by atoms with Gasteiger partial charge in [0.1, 0.15) is 0 Å². The van der Waals surface area contributed by atoms with Crippen molar-refractivity contribution in [2.45, 2.75) is 32.6 Å². The first-order valence-electron chi connectivity index (χ1n) is 8.06. The third kappa shape index (κ3) is 2.93. The first kappa shape index (κ1) is 14.9. The SMILES string of the molecule is CCc1ccc(CC(CN)c2c[nH]c3ccc(C)cc23)cc1. The topological polar surface area (TPSA) is 41.8 Å². The molecular formula is C20H24N2. The summed E-state index contributed by atoms with van der Waals surface area (Å²) in [5.41, 5.74) is 12.6. The molecule has 0 amide bonds. The molecule has 0 aliphatic rings. The maximum atomic E-state index is 6.08. The summed E-state index contributed by atoms with van der Waals surface area (Å²) in [5, 5.41) is 1.31. The normalized spacial score (nSPS) is 12.7. The van der Waals surface area contributed by atoms with E-state index in [4.69, 9.17) is 5.73 Å². The predicted molar refractivity (Wildman–Crippen MR) is 94.4 cm³/mol. The van der Waals surface area contributed by atoms with Crippen LogP contribution in [0.2, 0.25) is 0 Å². The van der Waals surface area contributed by atoms with Crippen molar-refractivity contribution in [3.8, 4) is 0 Å². The molecule has 22 heavy (non-hydrogen) atoms.